The minimum Gasteiger partial charge on any atom is -0.352 e. The second-order valence-corrected chi connectivity index (χ2v) is 7.49. The van der Waals surface area contributed by atoms with E-state index in [1.807, 2.05) is 62.6 Å². The molecule has 0 fully saturated rings. The van der Waals surface area contributed by atoms with Crippen LogP contribution >= 0.6 is 24.8 Å². The predicted molar refractivity (Wildman–Crippen MR) is 135 cm³/mol. The molecule has 6 heteroatoms. The summed E-state index contributed by atoms with van der Waals surface area (Å²) in [5.74, 6) is -0.0730. The number of halogens is 2. The van der Waals surface area contributed by atoms with Crippen LogP contribution in [0.4, 0.5) is 0 Å². The molecule has 0 saturated carbocycles. The third kappa shape index (κ3) is 5.34. The van der Waals surface area contributed by atoms with Gasteiger partial charge in [-0.25, -0.2) is 4.98 Å². The van der Waals surface area contributed by atoms with Gasteiger partial charge in [-0.2, -0.15) is 0 Å². The largest absolute Gasteiger partial charge is 0.352 e. The van der Waals surface area contributed by atoms with E-state index < -0.39 is 0 Å². The molecule has 0 aliphatic heterocycles. The maximum atomic E-state index is 12.9. The lowest BCUT2D eigenvalue weighted by atomic mass is 9.98. The van der Waals surface area contributed by atoms with E-state index in [2.05, 4.69) is 34.5 Å². The van der Waals surface area contributed by atoms with Crippen LogP contribution in [0.5, 0.6) is 0 Å². The Morgan fingerprint density at radius 3 is 2.19 bits per heavy atom. The fourth-order valence-corrected chi connectivity index (χ4v) is 3.67. The third-order valence-corrected chi connectivity index (χ3v) is 5.09. The number of hydrogen-bond acceptors (Lipinski definition) is 3. The molecule has 0 radical (unpaired) electrons. The summed E-state index contributed by atoms with van der Waals surface area (Å²) in [6.07, 6.45) is 0.912. The maximum absolute atomic E-state index is 12.9. The summed E-state index contributed by atoms with van der Waals surface area (Å²) in [6, 6.07) is 24.2. The van der Waals surface area contributed by atoms with Gasteiger partial charge in [-0.1, -0.05) is 66.7 Å². The van der Waals surface area contributed by atoms with Gasteiger partial charge in [0.1, 0.15) is 0 Å². The third-order valence-electron chi connectivity index (χ3n) is 5.09. The van der Waals surface area contributed by atoms with Gasteiger partial charge in [-0.05, 0) is 38.5 Å². The molecule has 0 unspecified atom stereocenters. The van der Waals surface area contributed by atoms with E-state index in [9.17, 15) is 4.79 Å². The van der Waals surface area contributed by atoms with Gasteiger partial charge in [0.25, 0.3) is 5.91 Å². The smallest absolute Gasteiger partial charge is 0.253 e. The fourth-order valence-electron chi connectivity index (χ4n) is 3.67. The number of carbonyl (C=O) groups excluding carboxylic acids is 1. The number of aromatic nitrogens is 1. The number of nitrogens with one attached hydrogen (secondary N) is 1. The predicted octanol–water partition coefficient (Wildman–Crippen LogP) is 5.58. The van der Waals surface area contributed by atoms with Crippen LogP contribution in [-0.2, 0) is 0 Å². The molecule has 31 heavy (non-hydrogen) atoms. The van der Waals surface area contributed by atoms with Crippen molar-refractivity contribution in [3.63, 3.8) is 0 Å². The highest BCUT2D eigenvalue weighted by atomic mass is 35.5. The monoisotopic (exact) mass is 455 g/mol. The number of benzene rings is 3. The highest BCUT2D eigenvalue weighted by molar-refractivity contribution is 6.16. The van der Waals surface area contributed by atoms with E-state index in [0.717, 1.165) is 45.9 Å². The minimum atomic E-state index is -0.0730. The molecule has 0 saturated heterocycles. The molecule has 1 amide bonds. The average molecular weight is 456 g/mol. The molecule has 3 aromatic carbocycles. The van der Waals surface area contributed by atoms with Crippen LogP contribution in [0.2, 0.25) is 0 Å². The fraction of sp³-hybridized carbons (Fsp3) is 0.200. The van der Waals surface area contributed by atoms with Crippen LogP contribution in [0, 0.1) is 0 Å². The van der Waals surface area contributed by atoms with Gasteiger partial charge in [-0.15, -0.1) is 24.8 Å². The zero-order valence-corrected chi connectivity index (χ0v) is 19.3. The van der Waals surface area contributed by atoms with Crippen molar-refractivity contribution < 1.29 is 4.79 Å². The Balaban J connectivity index is 0.00000171. The maximum Gasteiger partial charge on any atom is 0.253 e. The van der Waals surface area contributed by atoms with Crippen molar-refractivity contribution in [2.45, 2.75) is 6.42 Å². The molecule has 0 bridgehead atoms. The van der Waals surface area contributed by atoms with E-state index in [1.165, 1.54) is 0 Å². The van der Waals surface area contributed by atoms with Crippen LogP contribution in [0.1, 0.15) is 16.8 Å². The first kappa shape index (κ1) is 24.6. The summed E-state index contributed by atoms with van der Waals surface area (Å²) in [7, 11) is 4.07. The lowest BCUT2D eigenvalue weighted by Gasteiger charge is -2.13. The number of hydrogen-bond donors (Lipinski definition) is 1. The van der Waals surface area contributed by atoms with Crippen LogP contribution < -0.4 is 5.32 Å². The molecule has 1 heterocycles. The van der Waals surface area contributed by atoms with Crippen molar-refractivity contribution in [2.75, 3.05) is 27.2 Å². The molecular weight excluding hydrogens is 429 g/mol. The molecule has 4 rings (SSSR count). The Morgan fingerprint density at radius 1 is 0.839 bits per heavy atom. The minimum absolute atomic E-state index is 0. The van der Waals surface area contributed by atoms with E-state index in [4.69, 9.17) is 4.98 Å². The van der Waals surface area contributed by atoms with E-state index >= 15 is 0 Å². The standard InChI is InChI=1S/C25H25N3O.2ClH/c1-28(2)17-9-16-26-25(29)22-15-8-14-21-19-12-6-7-13-20(19)23(27-24(21)22)18-10-4-3-5-11-18;;/h3-8,10-15H,9,16-17H2,1-2H3,(H,26,29);2*1H. The molecule has 0 atom stereocenters. The molecule has 162 valence electrons. The van der Waals surface area contributed by atoms with Gasteiger partial charge < -0.3 is 10.2 Å². The van der Waals surface area contributed by atoms with Gasteiger partial charge in [0.15, 0.2) is 0 Å². The highest BCUT2D eigenvalue weighted by Gasteiger charge is 2.16. The van der Waals surface area contributed by atoms with Crippen LogP contribution in [0.15, 0.2) is 72.8 Å². The molecule has 4 nitrogen and oxygen atoms in total. The van der Waals surface area contributed by atoms with Crippen molar-refractivity contribution in [1.29, 1.82) is 0 Å². The normalized spacial score (nSPS) is 10.5. The lowest BCUT2D eigenvalue weighted by molar-refractivity contribution is 0.0954. The number of nitrogens with zero attached hydrogens (tertiary/aromatic N) is 2. The Bertz CT molecular complexity index is 1160. The zero-order valence-electron chi connectivity index (χ0n) is 17.7. The van der Waals surface area contributed by atoms with E-state index in [1.54, 1.807) is 0 Å². The zero-order chi connectivity index (χ0) is 20.2. The SMILES string of the molecule is CN(C)CCCNC(=O)c1cccc2c1nc(-c1ccccc1)c1ccccc12.Cl.Cl. The Hall–Kier alpha value is -2.66. The summed E-state index contributed by atoms with van der Waals surface area (Å²) in [6.45, 7) is 1.59. The first-order valence-electron chi connectivity index (χ1n) is 9.95. The van der Waals surface area contributed by atoms with Gasteiger partial charge >= 0.3 is 0 Å². The summed E-state index contributed by atoms with van der Waals surface area (Å²) in [5.41, 5.74) is 3.32. The number of carbonyl (C=O) groups is 1. The number of fused-ring (bicyclic) bond motifs is 3. The molecule has 0 aliphatic carbocycles. The Morgan fingerprint density at radius 2 is 1.48 bits per heavy atom. The highest BCUT2D eigenvalue weighted by Crippen LogP contribution is 2.33. The van der Waals surface area contributed by atoms with Gasteiger partial charge in [0.05, 0.1) is 16.8 Å². The summed E-state index contributed by atoms with van der Waals surface area (Å²) in [4.78, 5) is 20.0. The van der Waals surface area contributed by atoms with Crippen molar-refractivity contribution >= 4 is 52.4 Å². The average Bonchev–Trinajstić information content (AvgIpc) is 2.76. The molecule has 0 spiro atoms. The Labute approximate surface area is 195 Å². The van der Waals surface area contributed by atoms with Crippen LogP contribution in [0.25, 0.3) is 32.9 Å². The van der Waals surface area contributed by atoms with Gasteiger partial charge in [0, 0.05) is 22.9 Å². The lowest BCUT2D eigenvalue weighted by Crippen LogP contribution is -2.27. The molecule has 0 aliphatic rings. The van der Waals surface area contributed by atoms with Gasteiger partial charge in [0.2, 0.25) is 0 Å². The van der Waals surface area contributed by atoms with Crippen LogP contribution in [-0.4, -0.2) is 43.0 Å². The Kier molecular flexibility index (Phi) is 8.81. The summed E-state index contributed by atoms with van der Waals surface area (Å²) in [5, 5.41) is 6.25. The molecule has 4 aromatic rings. The second-order valence-electron chi connectivity index (χ2n) is 7.49. The number of para-hydroxylation sites is 1. The molecular formula is C25H27Cl2N3O. The first-order valence-corrected chi connectivity index (χ1v) is 9.95. The first-order chi connectivity index (χ1) is 14.1. The van der Waals surface area contributed by atoms with E-state index in [0.29, 0.717) is 12.1 Å². The van der Waals surface area contributed by atoms with Crippen LogP contribution in [0.3, 0.4) is 0 Å². The topological polar surface area (TPSA) is 45.2 Å². The van der Waals surface area contributed by atoms with Crippen molar-refractivity contribution in [3.05, 3.63) is 78.4 Å². The number of pyridine rings is 1. The second kappa shape index (κ2) is 11.1. The number of rotatable bonds is 6. The number of amides is 1. The van der Waals surface area contributed by atoms with Crippen molar-refractivity contribution in [1.82, 2.24) is 15.2 Å². The van der Waals surface area contributed by atoms with Crippen molar-refractivity contribution in [3.8, 4) is 11.3 Å². The quantitative estimate of drug-likeness (QED) is 0.304. The van der Waals surface area contributed by atoms with E-state index in [-0.39, 0.29) is 30.7 Å². The molecule has 1 N–H and O–H groups in total. The molecule has 1 aromatic heterocycles. The summed E-state index contributed by atoms with van der Waals surface area (Å²) >= 11 is 0. The van der Waals surface area contributed by atoms with Gasteiger partial charge in [-0.3, -0.25) is 4.79 Å². The van der Waals surface area contributed by atoms with Crippen molar-refractivity contribution in [2.24, 2.45) is 0 Å². The summed E-state index contributed by atoms with van der Waals surface area (Å²) < 4.78 is 0.